The van der Waals surface area contributed by atoms with Crippen molar-refractivity contribution in [2.75, 3.05) is 13.7 Å². The summed E-state index contributed by atoms with van der Waals surface area (Å²) in [6.45, 7) is 0.627. The molecule has 146 valence electrons. The number of carbonyl (C=O) groups excluding carboxylic acids is 1. The minimum Gasteiger partial charge on any atom is -0.493 e. The molecule has 1 aromatic carbocycles. The summed E-state index contributed by atoms with van der Waals surface area (Å²) in [5, 5.41) is 3.16. The summed E-state index contributed by atoms with van der Waals surface area (Å²) in [6, 6.07) is 5.63. The summed E-state index contributed by atoms with van der Waals surface area (Å²) in [6.07, 6.45) is 9.34. The van der Waals surface area contributed by atoms with Crippen LogP contribution in [0.2, 0.25) is 0 Å². The highest BCUT2D eigenvalue weighted by Crippen LogP contribution is 2.32. The van der Waals surface area contributed by atoms with Crippen LogP contribution in [-0.2, 0) is 0 Å². The van der Waals surface area contributed by atoms with Crippen LogP contribution in [-0.4, -0.2) is 31.7 Å². The van der Waals surface area contributed by atoms with Crippen molar-refractivity contribution in [1.29, 1.82) is 0 Å². The third kappa shape index (κ3) is 5.04. The van der Waals surface area contributed by atoms with E-state index in [1.165, 1.54) is 19.3 Å². The minimum absolute atomic E-state index is 0. The molecule has 5 nitrogen and oxygen atoms in total. The van der Waals surface area contributed by atoms with Crippen LogP contribution in [0.25, 0.3) is 0 Å². The fraction of sp³-hybridized carbons (Fsp3) is 0.650. The lowest BCUT2D eigenvalue weighted by atomic mass is 9.84. The number of ether oxygens (including phenoxy) is 2. The average Bonchev–Trinajstić information content (AvgIpc) is 3.15. The van der Waals surface area contributed by atoms with Gasteiger partial charge in [-0.1, -0.05) is 12.8 Å². The Balaban J connectivity index is 0.00000243. The molecule has 2 fully saturated rings. The molecule has 2 unspecified atom stereocenters. The highest BCUT2D eigenvalue weighted by atomic mass is 35.5. The van der Waals surface area contributed by atoms with Crippen LogP contribution >= 0.6 is 12.4 Å². The lowest BCUT2D eigenvalue weighted by molar-refractivity contribution is 0.0907. The molecular formula is C20H31ClN2O3. The number of nitrogens with two attached hydrogens (primary N) is 1. The quantitative estimate of drug-likeness (QED) is 0.786. The van der Waals surface area contributed by atoms with Crippen molar-refractivity contribution < 1.29 is 14.3 Å². The Labute approximate surface area is 162 Å². The van der Waals surface area contributed by atoms with Crippen LogP contribution in [0.5, 0.6) is 11.5 Å². The molecule has 3 N–H and O–H groups in total. The molecule has 2 atom stereocenters. The van der Waals surface area contributed by atoms with Gasteiger partial charge in [0.1, 0.15) is 0 Å². The van der Waals surface area contributed by atoms with E-state index in [9.17, 15) is 4.79 Å². The van der Waals surface area contributed by atoms with Crippen molar-refractivity contribution >= 4 is 18.3 Å². The zero-order chi connectivity index (χ0) is 17.6. The van der Waals surface area contributed by atoms with Gasteiger partial charge >= 0.3 is 0 Å². The third-order valence-corrected chi connectivity index (χ3v) is 5.55. The van der Waals surface area contributed by atoms with Crippen LogP contribution < -0.4 is 20.5 Å². The first-order valence-electron chi connectivity index (χ1n) is 9.57. The van der Waals surface area contributed by atoms with Crippen molar-refractivity contribution in [2.45, 2.75) is 63.5 Å². The van der Waals surface area contributed by atoms with E-state index in [1.807, 2.05) is 12.1 Å². The Bertz CT molecular complexity index is 590. The number of nitrogens with one attached hydrogen (secondary N) is 1. The number of methoxy groups -OCH3 is 1. The van der Waals surface area contributed by atoms with Gasteiger partial charge in [0, 0.05) is 11.6 Å². The molecular weight excluding hydrogens is 352 g/mol. The Morgan fingerprint density at radius 3 is 2.50 bits per heavy atom. The normalized spacial score (nSPS) is 23.2. The lowest BCUT2D eigenvalue weighted by Crippen LogP contribution is -2.44. The van der Waals surface area contributed by atoms with Gasteiger partial charge in [-0.15, -0.1) is 12.4 Å². The molecule has 0 saturated heterocycles. The topological polar surface area (TPSA) is 73.6 Å². The second-order valence-corrected chi connectivity index (χ2v) is 7.25. The van der Waals surface area contributed by atoms with Gasteiger partial charge in [-0.05, 0) is 69.2 Å². The number of amides is 1. The molecule has 1 aromatic rings. The van der Waals surface area contributed by atoms with Gasteiger partial charge in [-0.2, -0.15) is 0 Å². The fourth-order valence-corrected chi connectivity index (χ4v) is 4.02. The summed E-state index contributed by atoms with van der Waals surface area (Å²) in [4.78, 5) is 12.7. The van der Waals surface area contributed by atoms with Gasteiger partial charge in [-0.25, -0.2) is 0 Å². The molecule has 0 aromatic heterocycles. The first-order valence-corrected chi connectivity index (χ1v) is 9.57. The zero-order valence-electron chi connectivity index (χ0n) is 15.5. The summed E-state index contributed by atoms with van der Waals surface area (Å²) in [7, 11) is 1.62. The molecule has 1 amide bonds. The van der Waals surface area contributed by atoms with Crippen LogP contribution in [0.1, 0.15) is 61.7 Å². The number of carbonyl (C=O) groups is 1. The van der Waals surface area contributed by atoms with Crippen LogP contribution in [0.15, 0.2) is 18.2 Å². The highest BCUT2D eigenvalue weighted by molar-refractivity contribution is 5.95. The fourth-order valence-electron chi connectivity index (χ4n) is 4.02. The molecule has 0 heterocycles. The maximum Gasteiger partial charge on any atom is 0.251 e. The van der Waals surface area contributed by atoms with Crippen molar-refractivity contribution in [2.24, 2.45) is 11.7 Å². The molecule has 2 aliphatic carbocycles. The Morgan fingerprint density at radius 1 is 1.12 bits per heavy atom. The van der Waals surface area contributed by atoms with E-state index in [0.29, 0.717) is 23.8 Å². The second kappa shape index (κ2) is 10.0. The summed E-state index contributed by atoms with van der Waals surface area (Å²) >= 11 is 0. The SMILES string of the molecule is COc1cc(C(=O)NC2CCCCC2CN)ccc1OC1CCCC1.Cl. The summed E-state index contributed by atoms with van der Waals surface area (Å²) < 4.78 is 11.5. The van der Waals surface area contributed by atoms with Crippen molar-refractivity contribution in [3.05, 3.63) is 23.8 Å². The van der Waals surface area contributed by atoms with E-state index in [2.05, 4.69) is 5.32 Å². The number of rotatable bonds is 6. The van der Waals surface area contributed by atoms with E-state index in [-0.39, 0.29) is 30.5 Å². The molecule has 2 saturated carbocycles. The Hall–Kier alpha value is -1.46. The predicted octanol–water partition coefficient (Wildman–Crippen LogP) is 3.69. The van der Waals surface area contributed by atoms with E-state index in [4.69, 9.17) is 15.2 Å². The number of hydrogen-bond donors (Lipinski definition) is 2. The standard InChI is InChI=1S/C20H30N2O3.ClH/c1-24-19-12-14(10-11-18(19)25-16-7-3-4-8-16)20(23)22-17-9-5-2-6-15(17)13-21;/h10-12,15-17H,2-9,13,21H2,1H3,(H,22,23);1H. The zero-order valence-corrected chi connectivity index (χ0v) is 16.4. The van der Waals surface area contributed by atoms with Crippen molar-refractivity contribution in [3.63, 3.8) is 0 Å². The van der Waals surface area contributed by atoms with Gasteiger partial charge in [0.05, 0.1) is 13.2 Å². The van der Waals surface area contributed by atoms with Gasteiger partial charge in [0.25, 0.3) is 5.91 Å². The van der Waals surface area contributed by atoms with Crippen molar-refractivity contribution in [3.8, 4) is 11.5 Å². The average molecular weight is 383 g/mol. The molecule has 0 aliphatic heterocycles. The molecule has 26 heavy (non-hydrogen) atoms. The molecule has 0 bridgehead atoms. The number of hydrogen-bond acceptors (Lipinski definition) is 4. The van der Waals surface area contributed by atoms with Crippen molar-refractivity contribution in [1.82, 2.24) is 5.32 Å². The minimum atomic E-state index is -0.0592. The number of benzene rings is 1. The monoisotopic (exact) mass is 382 g/mol. The van der Waals surface area contributed by atoms with Crippen LogP contribution in [0, 0.1) is 5.92 Å². The Kier molecular flexibility index (Phi) is 8.04. The van der Waals surface area contributed by atoms with Gasteiger partial charge in [0.15, 0.2) is 11.5 Å². The second-order valence-electron chi connectivity index (χ2n) is 7.25. The molecule has 3 rings (SSSR count). The molecule has 0 radical (unpaired) electrons. The Morgan fingerprint density at radius 2 is 1.81 bits per heavy atom. The summed E-state index contributed by atoms with van der Waals surface area (Å²) in [5.74, 6) is 1.67. The van der Waals surface area contributed by atoms with E-state index in [0.717, 1.165) is 37.9 Å². The van der Waals surface area contributed by atoms with Crippen LogP contribution in [0.3, 0.4) is 0 Å². The molecule has 0 spiro atoms. The molecule has 6 heteroatoms. The van der Waals surface area contributed by atoms with Crippen LogP contribution in [0.4, 0.5) is 0 Å². The first-order chi connectivity index (χ1) is 12.2. The molecule has 2 aliphatic rings. The van der Waals surface area contributed by atoms with E-state index < -0.39 is 0 Å². The lowest BCUT2D eigenvalue weighted by Gasteiger charge is -2.31. The largest absolute Gasteiger partial charge is 0.493 e. The highest BCUT2D eigenvalue weighted by Gasteiger charge is 2.26. The third-order valence-electron chi connectivity index (χ3n) is 5.55. The maximum absolute atomic E-state index is 12.7. The summed E-state index contributed by atoms with van der Waals surface area (Å²) in [5.41, 5.74) is 6.47. The predicted molar refractivity (Wildman–Crippen MR) is 105 cm³/mol. The van der Waals surface area contributed by atoms with E-state index in [1.54, 1.807) is 13.2 Å². The van der Waals surface area contributed by atoms with Gasteiger partial charge < -0.3 is 20.5 Å². The van der Waals surface area contributed by atoms with E-state index >= 15 is 0 Å². The van der Waals surface area contributed by atoms with Gasteiger partial charge in [0.2, 0.25) is 0 Å². The number of halogens is 1. The first kappa shape index (κ1) is 20.8. The smallest absolute Gasteiger partial charge is 0.251 e. The van der Waals surface area contributed by atoms with Gasteiger partial charge in [-0.3, -0.25) is 4.79 Å². The maximum atomic E-state index is 12.7.